The number of fused-ring (bicyclic) bond motifs is 1. The summed E-state index contributed by atoms with van der Waals surface area (Å²) in [6, 6.07) is 2.41. The van der Waals surface area contributed by atoms with Crippen LogP contribution in [0.5, 0.6) is 0 Å². The van der Waals surface area contributed by atoms with E-state index < -0.39 is 0 Å². The van der Waals surface area contributed by atoms with Gasteiger partial charge in [0.25, 0.3) is 0 Å². The fraction of sp³-hybridized carbons (Fsp3) is 0.545. The summed E-state index contributed by atoms with van der Waals surface area (Å²) < 4.78 is 1.93. The van der Waals surface area contributed by atoms with Crippen LogP contribution in [-0.2, 0) is 0 Å². The summed E-state index contributed by atoms with van der Waals surface area (Å²) in [5, 5.41) is 8.21. The number of aromatic nitrogens is 4. The predicted octanol–water partition coefficient (Wildman–Crippen LogP) is 2.53. The highest BCUT2D eigenvalue weighted by Gasteiger charge is 2.10. The molecule has 0 spiro atoms. The Labute approximate surface area is 89.3 Å². The highest BCUT2D eigenvalue weighted by atomic mass is 15.4. The zero-order chi connectivity index (χ0) is 11.0. The molecule has 0 amide bonds. The van der Waals surface area contributed by atoms with E-state index in [1.165, 1.54) is 0 Å². The minimum Gasteiger partial charge on any atom is -0.259 e. The number of nitrogens with zero attached hydrogens (tertiary/aromatic N) is 4. The fourth-order valence-electron chi connectivity index (χ4n) is 1.56. The molecule has 4 nitrogen and oxygen atoms in total. The van der Waals surface area contributed by atoms with E-state index in [-0.39, 0.29) is 0 Å². The SMILES string of the molecule is CC(C)c1cc2c(cn1)nnn2C(C)C. The van der Waals surface area contributed by atoms with E-state index >= 15 is 0 Å². The third-order valence-electron chi connectivity index (χ3n) is 2.46. The van der Waals surface area contributed by atoms with Crippen LogP contribution in [0.25, 0.3) is 11.0 Å². The topological polar surface area (TPSA) is 43.6 Å². The third kappa shape index (κ3) is 1.71. The molecule has 0 saturated heterocycles. The van der Waals surface area contributed by atoms with Crippen LogP contribution in [-0.4, -0.2) is 20.0 Å². The van der Waals surface area contributed by atoms with Crippen molar-refractivity contribution in [3.8, 4) is 0 Å². The van der Waals surface area contributed by atoms with E-state index in [1.807, 2.05) is 4.68 Å². The molecule has 0 saturated carbocycles. The Morgan fingerprint density at radius 3 is 2.53 bits per heavy atom. The number of hydrogen-bond donors (Lipinski definition) is 0. The van der Waals surface area contributed by atoms with Gasteiger partial charge in [-0.1, -0.05) is 19.1 Å². The molecular weight excluding hydrogens is 188 g/mol. The Bertz CT molecular complexity index is 470. The Hall–Kier alpha value is -1.45. The standard InChI is InChI=1S/C11H16N4/c1-7(2)9-5-11-10(6-12-9)13-14-15(11)8(3)4/h5-8H,1-4H3. The average Bonchev–Trinajstić information content (AvgIpc) is 2.59. The molecule has 0 aliphatic carbocycles. The quantitative estimate of drug-likeness (QED) is 0.755. The molecule has 0 aliphatic rings. The minimum absolute atomic E-state index is 0.331. The summed E-state index contributed by atoms with van der Waals surface area (Å²) in [6.45, 7) is 8.47. The van der Waals surface area contributed by atoms with Crippen LogP contribution in [0.4, 0.5) is 0 Å². The Morgan fingerprint density at radius 2 is 1.93 bits per heavy atom. The van der Waals surface area contributed by atoms with Gasteiger partial charge in [0.2, 0.25) is 0 Å². The van der Waals surface area contributed by atoms with Crippen LogP contribution >= 0.6 is 0 Å². The molecule has 4 heteroatoms. The van der Waals surface area contributed by atoms with Gasteiger partial charge < -0.3 is 0 Å². The van der Waals surface area contributed by atoms with E-state index in [0.29, 0.717) is 12.0 Å². The average molecular weight is 204 g/mol. The number of pyridine rings is 1. The Balaban J connectivity index is 2.61. The van der Waals surface area contributed by atoms with Gasteiger partial charge in [0.15, 0.2) is 0 Å². The van der Waals surface area contributed by atoms with Crippen molar-refractivity contribution < 1.29 is 0 Å². The van der Waals surface area contributed by atoms with E-state index in [1.54, 1.807) is 6.20 Å². The predicted molar refractivity (Wildman–Crippen MR) is 59.8 cm³/mol. The van der Waals surface area contributed by atoms with Crippen LogP contribution in [0, 0.1) is 0 Å². The van der Waals surface area contributed by atoms with Gasteiger partial charge in [-0.3, -0.25) is 4.98 Å². The Morgan fingerprint density at radius 1 is 1.20 bits per heavy atom. The van der Waals surface area contributed by atoms with Crippen LogP contribution in [0.1, 0.15) is 45.3 Å². The highest BCUT2D eigenvalue weighted by Crippen LogP contribution is 2.19. The summed E-state index contributed by atoms with van der Waals surface area (Å²) in [5.74, 6) is 0.435. The molecule has 15 heavy (non-hydrogen) atoms. The monoisotopic (exact) mass is 204 g/mol. The molecule has 0 fully saturated rings. The molecule has 2 rings (SSSR count). The number of hydrogen-bond acceptors (Lipinski definition) is 3. The lowest BCUT2D eigenvalue weighted by Gasteiger charge is -2.07. The largest absolute Gasteiger partial charge is 0.259 e. The second-order valence-corrected chi connectivity index (χ2v) is 4.38. The molecule has 2 heterocycles. The fourth-order valence-corrected chi connectivity index (χ4v) is 1.56. The van der Waals surface area contributed by atoms with Gasteiger partial charge in [-0.2, -0.15) is 0 Å². The molecule has 0 N–H and O–H groups in total. The Kier molecular flexibility index (Phi) is 2.42. The first-order chi connectivity index (χ1) is 7.09. The minimum atomic E-state index is 0.331. The number of rotatable bonds is 2. The van der Waals surface area contributed by atoms with Gasteiger partial charge in [0, 0.05) is 11.7 Å². The zero-order valence-electron chi connectivity index (χ0n) is 9.60. The molecule has 0 atom stereocenters. The van der Waals surface area contributed by atoms with Crippen molar-refractivity contribution in [1.82, 2.24) is 20.0 Å². The van der Waals surface area contributed by atoms with Gasteiger partial charge in [-0.15, -0.1) is 5.10 Å². The van der Waals surface area contributed by atoms with E-state index in [2.05, 4.69) is 49.1 Å². The van der Waals surface area contributed by atoms with E-state index in [9.17, 15) is 0 Å². The third-order valence-corrected chi connectivity index (χ3v) is 2.46. The van der Waals surface area contributed by atoms with Gasteiger partial charge in [-0.05, 0) is 25.8 Å². The van der Waals surface area contributed by atoms with Crippen molar-refractivity contribution in [2.24, 2.45) is 0 Å². The second kappa shape index (κ2) is 3.61. The van der Waals surface area contributed by atoms with Crippen molar-refractivity contribution in [2.45, 2.75) is 39.7 Å². The summed E-state index contributed by atoms with van der Waals surface area (Å²) in [5.41, 5.74) is 3.03. The molecule has 0 unspecified atom stereocenters. The normalized spacial score (nSPS) is 11.9. The van der Waals surface area contributed by atoms with Crippen molar-refractivity contribution in [1.29, 1.82) is 0 Å². The maximum atomic E-state index is 4.36. The van der Waals surface area contributed by atoms with E-state index in [0.717, 1.165) is 16.7 Å². The maximum absolute atomic E-state index is 4.36. The van der Waals surface area contributed by atoms with Crippen molar-refractivity contribution in [2.75, 3.05) is 0 Å². The smallest absolute Gasteiger partial charge is 0.131 e. The molecule has 2 aromatic rings. The van der Waals surface area contributed by atoms with Gasteiger partial charge in [0.05, 0.1) is 11.7 Å². The molecular formula is C11H16N4. The summed E-state index contributed by atoms with van der Waals surface area (Å²) in [4.78, 5) is 4.36. The lowest BCUT2D eigenvalue weighted by molar-refractivity contribution is 0.530. The van der Waals surface area contributed by atoms with Crippen LogP contribution in [0.3, 0.4) is 0 Å². The highest BCUT2D eigenvalue weighted by molar-refractivity contribution is 5.73. The zero-order valence-corrected chi connectivity index (χ0v) is 9.60. The summed E-state index contributed by atoms with van der Waals surface area (Å²) in [6.07, 6.45) is 1.80. The van der Waals surface area contributed by atoms with Crippen LogP contribution < -0.4 is 0 Å². The molecule has 0 aliphatic heterocycles. The van der Waals surface area contributed by atoms with Crippen molar-refractivity contribution in [3.63, 3.8) is 0 Å². The van der Waals surface area contributed by atoms with Crippen LogP contribution in [0.15, 0.2) is 12.3 Å². The summed E-state index contributed by atoms with van der Waals surface area (Å²) in [7, 11) is 0. The molecule has 0 radical (unpaired) electrons. The summed E-state index contributed by atoms with van der Waals surface area (Å²) >= 11 is 0. The molecule has 0 bridgehead atoms. The lowest BCUT2D eigenvalue weighted by Crippen LogP contribution is -2.03. The maximum Gasteiger partial charge on any atom is 0.131 e. The van der Waals surface area contributed by atoms with E-state index in [4.69, 9.17) is 0 Å². The first kappa shape index (κ1) is 10.1. The van der Waals surface area contributed by atoms with Gasteiger partial charge >= 0.3 is 0 Å². The van der Waals surface area contributed by atoms with Crippen LogP contribution in [0.2, 0.25) is 0 Å². The molecule has 2 aromatic heterocycles. The van der Waals surface area contributed by atoms with Crippen molar-refractivity contribution in [3.05, 3.63) is 18.0 Å². The second-order valence-electron chi connectivity index (χ2n) is 4.38. The van der Waals surface area contributed by atoms with Crippen molar-refractivity contribution >= 4 is 11.0 Å². The molecule has 80 valence electrons. The van der Waals surface area contributed by atoms with Gasteiger partial charge in [0.1, 0.15) is 5.52 Å². The lowest BCUT2D eigenvalue weighted by atomic mass is 10.1. The van der Waals surface area contributed by atoms with Gasteiger partial charge in [-0.25, -0.2) is 4.68 Å². The first-order valence-electron chi connectivity index (χ1n) is 5.30. The first-order valence-corrected chi connectivity index (χ1v) is 5.30. The molecule has 0 aromatic carbocycles.